The van der Waals surface area contributed by atoms with Crippen molar-refractivity contribution < 1.29 is 19.5 Å². The lowest BCUT2D eigenvalue weighted by Crippen LogP contribution is -2.38. The van der Waals surface area contributed by atoms with Gasteiger partial charge in [0, 0.05) is 11.9 Å². The SMILES string of the molecule is CNC(=O)NC(=O)CSc1cccc(C(=O)O)c1. The molecule has 0 aliphatic carbocycles. The van der Waals surface area contributed by atoms with Crippen molar-refractivity contribution in [3.05, 3.63) is 29.8 Å². The van der Waals surface area contributed by atoms with E-state index in [0.717, 1.165) is 11.8 Å². The number of urea groups is 1. The minimum atomic E-state index is -1.02. The minimum absolute atomic E-state index is 0.0382. The van der Waals surface area contributed by atoms with Crippen LogP contribution in [0.1, 0.15) is 10.4 Å². The predicted molar refractivity (Wildman–Crippen MR) is 66.7 cm³/mol. The zero-order chi connectivity index (χ0) is 13.5. The lowest BCUT2D eigenvalue weighted by atomic mass is 10.2. The van der Waals surface area contributed by atoms with Crippen molar-refractivity contribution in [1.29, 1.82) is 0 Å². The Labute approximate surface area is 108 Å². The van der Waals surface area contributed by atoms with Crippen LogP contribution < -0.4 is 10.6 Å². The van der Waals surface area contributed by atoms with E-state index in [2.05, 4.69) is 10.6 Å². The fourth-order valence-electron chi connectivity index (χ4n) is 1.09. The Balaban J connectivity index is 2.53. The van der Waals surface area contributed by atoms with Gasteiger partial charge < -0.3 is 10.4 Å². The molecule has 3 N–H and O–H groups in total. The molecule has 0 unspecified atom stereocenters. The molecule has 0 aliphatic heterocycles. The Morgan fingerprint density at radius 1 is 1.33 bits per heavy atom. The number of amides is 3. The maximum Gasteiger partial charge on any atom is 0.335 e. The third-order valence-electron chi connectivity index (χ3n) is 1.93. The van der Waals surface area contributed by atoms with Crippen molar-refractivity contribution >= 4 is 29.7 Å². The average molecular weight is 268 g/mol. The first-order valence-electron chi connectivity index (χ1n) is 5.00. The van der Waals surface area contributed by atoms with Gasteiger partial charge in [-0.25, -0.2) is 9.59 Å². The van der Waals surface area contributed by atoms with Gasteiger partial charge in [0.2, 0.25) is 5.91 Å². The van der Waals surface area contributed by atoms with E-state index < -0.39 is 17.9 Å². The number of imide groups is 1. The predicted octanol–water partition coefficient (Wildman–Crippen LogP) is 0.933. The molecule has 18 heavy (non-hydrogen) atoms. The Kier molecular flexibility index (Phi) is 5.19. The molecular formula is C11H12N2O4S. The third kappa shape index (κ3) is 4.46. The zero-order valence-electron chi connectivity index (χ0n) is 9.60. The summed E-state index contributed by atoms with van der Waals surface area (Å²) in [5.41, 5.74) is 0.159. The second-order valence-electron chi connectivity index (χ2n) is 3.25. The number of carboxylic acids is 1. The summed E-state index contributed by atoms with van der Waals surface area (Å²) in [5.74, 6) is -1.43. The lowest BCUT2D eigenvalue weighted by Gasteiger charge is -2.04. The molecule has 0 bridgehead atoms. The highest BCUT2D eigenvalue weighted by Crippen LogP contribution is 2.18. The van der Waals surface area contributed by atoms with E-state index in [1.165, 1.54) is 19.2 Å². The molecule has 0 aliphatic rings. The molecule has 3 amide bonds. The fourth-order valence-corrected chi connectivity index (χ4v) is 1.85. The molecular weight excluding hydrogens is 256 g/mol. The summed E-state index contributed by atoms with van der Waals surface area (Å²) in [7, 11) is 1.41. The summed E-state index contributed by atoms with van der Waals surface area (Å²) in [6.45, 7) is 0. The summed E-state index contributed by atoms with van der Waals surface area (Å²) in [5, 5.41) is 13.2. The lowest BCUT2D eigenvalue weighted by molar-refractivity contribution is -0.117. The average Bonchev–Trinajstić information content (AvgIpc) is 2.36. The van der Waals surface area contributed by atoms with Crippen molar-refractivity contribution in [3.8, 4) is 0 Å². The number of hydrogen-bond acceptors (Lipinski definition) is 4. The smallest absolute Gasteiger partial charge is 0.335 e. The number of thioether (sulfide) groups is 1. The standard InChI is InChI=1S/C11H12N2O4S/c1-12-11(17)13-9(14)6-18-8-4-2-3-7(5-8)10(15)16/h2-5H,6H2,1H3,(H,15,16)(H2,12,13,14,17). The van der Waals surface area contributed by atoms with E-state index in [0.29, 0.717) is 4.90 Å². The molecule has 96 valence electrons. The monoisotopic (exact) mass is 268 g/mol. The van der Waals surface area contributed by atoms with E-state index in [1.54, 1.807) is 12.1 Å². The number of hydrogen-bond donors (Lipinski definition) is 3. The first-order valence-corrected chi connectivity index (χ1v) is 5.99. The number of aromatic carboxylic acids is 1. The summed E-state index contributed by atoms with van der Waals surface area (Å²) >= 11 is 1.16. The largest absolute Gasteiger partial charge is 0.478 e. The van der Waals surface area contributed by atoms with E-state index in [4.69, 9.17) is 5.11 Å². The second-order valence-corrected chi connectivity index (χ2v) is 4.30. The van der Waals surface area contributed by atoms with Gasteiger partial charge in [-0.15, -0.1) is 11.8 Å². The molecule has 6 nitrogen and oxygen atoms in total. The first-order chi connectivity index (χ1) is 8.52. The van der Waals surface area contributed by atoms with Gasteiger partial charge in [0.1, 0.15) is 0 Å². The maximum atomic E-state index is 11.3. The molecule has 1 aromatic rings. The van der Waals surface area contributed by atoms with Crippen LogP contribution in [0.4, 0.5) is 4.79 Å². The van der Waals surface area contributed by atoms with E-state index >= 15 is 0 Å². The van der Waals surface area contributed by atoms with Crippen molar-refractivity contribution in [3.63, 3.8) is 0 Å². The minimum Gasteiger partial charge on any atom is -0.478 e. The van der Waals surface area contributed by atoms with Crippen LogP contribution in [-0.4, -0.2) is 35.8 Å². The number of carboxylic acid groups (broad SMARTS) is 1. The van der Waals surface area contributed by atoms with Gasteiger partial charge in [-0.1, -0.05) is 6.07 Å². The van der Waals surface area contributed by atoms with Gasteiger partial charge in [-0.2, -0.15) is 0 Å². The van der Waals surface area contributed by atoms with Crippen molar-refractivity contribution in [2.75, 3.05) is 12.8 Å². The number of benzene rings is 1. The van der Waals surface area contributed by atoms with Gasteiger partial charge in [-0.05, 0) is 18.2 Å². The molecule has 1 rings (SSSR count). The molecule has 0 fully saturated rings. The van der Waals surface area contributed by atoms with Crippen LogP contribution in [-0.2, 0) is 4.79 Å². The van der Waals surface area contributed by atoms with Crippen molar-refractivity contribution in [2.24, 2.45) is 0 Å². The second kappa shape index (κ2) is 6.65. The quantitative estimate of drug-likeness (QED) is 0.706. The number of carbonyl (C=O) groups excluding carboxylic acids is 2. The Morgan fingerprint density at radius 3 is 2.67 bits per heavy atom. The maximum absolute atomic E-state index is 11.3. The van der Waals surface area contributed by atoms with Gasteiger partial charge in [0.25, 0.3) is 0 Å². The fraction of sp³-hybridized carbons (Fsp3) is 0.182. The summed E-state index contributed by atoms with van der Waals surface area (Å²) in [4.78, 5) is 33.5. The van der Waals surface area contributed by atoms with Gasteiger partial charge in [0.15, 0.2) is 0 Å². The van der Waals surface area contributed by atoms with Crippen LogP contribution in [0.25, 0.3) is 0 Å². The van der Waals surface area contributed by atoms with Crippen LogP contribution in [0.3, 0.4) is 0 Å². The van der Waals surface area contributed by atoms with Gasteiger partial charge in [0.05, 0.1) is 11.3 Å². The van der Waals surface area contributed by atoms with Crippen LogP contribution >= 0.6 is 11.8 Å². The highest BCUT2D eigenvalue weighted by atomic mass is 32.2. The third-order valence-corrected chi connectivity index (χ3v) is 2.92. The van der Waals surface area contributed by atoms with Crippen LogP contribution in [0.5, 0.6) is 0 Å². The summed E-state index contributed by atoms with van der Waals surface area (Å²) < 4.78 is 0. The highest BCUT2D eigenvalue weighted by molar-refractivity contribution is 8.00. The summed E-state index contributed by atoms with van der Waals surface area (Å²) in [6, 6.07) is 5.67. The van der Waals surface area contributed by atoms with E-state index in [1.807, 2.05) is 0 Å². The van der Waals surface area contributed by atoms with Crippen molar-refractivity contribution in [1.82, 2.24) is 10.6 Å². The molecule has 1 aromatic carbocycles. The first kappa shape index (κ1) is 14.0. The van der Waals surface area contributed by atoms with E-state index in [9.17, 15) is 14.4 Å². The van der Waals surface area contributed by atoms with Gasteiger partial charge in [-0.3, -0.25) is 10.1 Å². The zero-order valence-corrected chi connectivity index (χ0v) is 10.4. The number of carbonyl (C=O) groups is 3. The molecule has 0 saturated heterocycles. The molecule has 0 spiro atoms. The number of nitrogens with one attached hydrogen (secondary N) is 2. The van der Waals surface area contributed by atoms with Crippen LogP contribution in [0.15, 0.2) is 29.2 Å². The molecule has 0 aromatic heterocycles. The van der Waals surface area contributed by atoms with Crippen LogP contribution in [0, 0.1) is 0 Å². The molecule has 0 heterocycles. The molecule has 0 saturated carbocycles. The molecule has 0 radical (unpaired) electrons. The Morgan fingerprint density at radius 2 is 2.06 bits per heavy atom. The van der Waals surface area contributed by atoms with E-state index in [-0.39, 0.29) is 11.3 Å². The highest BCUT2D eigenvalue weighted by Gasteiger charge is 2.08. The normalized spacial score (nSPS) is 9.61. The van der Waals surface area contributed by atoms with Crippen molar-refractivity contribution in [2.45, 2.75) is 4.90 Å². The van der Waals surface area contributed by atoms with Crippen LogP contribution in [0.2, 0.25) is 0 Å². The number of rotatable bonds is 4. The molecule has 0 atom stereocenters. The Hall–Kier alpha value is -2.02. The topological polar surface area (TPSA) is 95.5 Å². The van der Waals surface area contributed by atoms with Gasteiger partial charge >= 0.3 is 12.0 Å². The Bertz CT molecular complexity index is 476. The molecule has 7 heteroatoms. The summed E-state index contributed by atoms with van der Waals surface area (Å²) in [6.07, 6.45) is 0.